The van der Waals surface area contributed by atoms with Gasteiger partial charge in [0.2, 0.25) is 23.6 Å². The highest BCUT2D eigenvalue weighted by atomic mass is 16.6. The van der Waals surface area contributed by atoms with Crippen molar-refractivity contribution in [1.29, 1.82) is 0 Å². The van der Waals surface area contributed by atoms with E-state index < -0.39 is 102 Å². The Hall–Kier alpha value is -4.75. The molecule has 0 spiro atoms. The van der Waals surface area contributed by atoms with Crippen molar-refractivity contribution in [3.8, 4) is 0 Å². The first kappa shape index (κ1) is 47.6. The summed E-state index contributed by atoms with van der Waals surface area (Å²) in [6.07, 6.45) is 2.82. The lowest BCUT2D eigenvalue weighted by molar-refractivity contribution is -0.170. The van der Waals surface area contributed by atoms with Crippen LogP contribution in [0.5, 0.6) is 0 Å². The van der Waals surface area contributed by atoms with Crippen molar-refractivity contribution in [3.05, 3.63) is 48.6 Å². The molecular weight excluding hydrogens is 743 g/mol. The van der Waals surface area contributed by atoms with Crippen molar-refractivity contribution in [2.45, 2.75) is 143 Å². The summed E-state index contributed by atoms with van der Waals surface area (Å²) >= 11 is 0. The van der Waals surface area contributed by atoms with Gasteiger partial charge in [-0.15, -0.1) is 6.58 Å². The number of carbonyl (C=O) groups excluding carboxylic acids is 7. The van der Waals surface area contributed by atoms with Gasteiger partial charge in [0.05, 0.1) is 5.41 Å². The monoisotopic (exact) mass is 809 g/mol. The third kappa shape index (κ3) is 12.1. The minimum Gasteiger partial charge on any atom is -0.460 e. The quantitative estimate of drug-likeness (QED) is 0.169. The number of allylic oxidation sites excluding steroid dienone is 1. The van der Waals surface area contributed by atoms with Gasteiger partial charge in [-0.25, -0.2) is 4.79 Å². The van der Waals surface area contributed by atoms with Crippen LogP contribution < -0.4 is 16.0 Å². The molecule has 3 rings (SSSR count). The van der Waals surface area contributed by atoms with Crippen LogP contribution in [0.2, 0.25) is 0 Å². The first-order valence-electron chi connectivity index (χ1n) is 20.9. The number of benzene rings is 1. The van der Waals surface area contributed by atoms with E-state index >= 15 is 0 Å². The maximum atomic E-state index is 14.5. The Morgan fingerprint density at radius 2 is 1.53 bits per heavy atom. The number of amides is 5. The zero-order chi connectivity index (χ0) is 43.3. The van der Waals surface area contributed by atoms with Gasteiger partial charge in [-0.2, -0.15) is 0 Å². The van der Waals surface area contributed by atoms with E-state index in [1.807, 2.05) is 44.2 Å². The van der Waals surface area contributed by atoms with Crippen molar-refractivity contribution in [3.63, 3.8) is 0 Å². The zero-order valence-corrected chi connectivity index (χ0v) is 36.0. The number of likely N-dealkylation sites (N-methyl/N-ethyl adjacent to an activating group) is 1. The molecule has 8 atom stereocenters. The first-order valence-corrected chi connectivity index (χ1v) is 20.9. The molecule has 2 fully saturated rings. The highest BCUT2D eigenvalue weighted by Gasteiger charge is 2.45. The lowest BCUT2D eigenvalue weighted by Gasteiger charge is -2.37. The normalized spacial score (nSPS) is 26.9. The fraction of sp³-hybridized carbons (Fsp3) is 0.659. The molecule has 0 aromatic heterocycles. The minimum absolute atomic E-state index is 0.0583. The number of fused-ring (bicyclic) bond motifs is 1. The molecule has 2 aliphatic heterocycles. The lowest BCUT2D eigenvalue weighted by atomic mass is 9.82. The summed E-state index contributed by atoms with van der Waals surface area (Å²) in [5.74, 6) is -5.60. The van der Waals surface area contributed by atoms with Crippen LogP contribution in [-0.4, -0.2) is 108 Å². The molecule has 0 radical (unpaired) electrons. The van der Waals surface area contributed by atoms with Crippen LogP contribution in [0.3, 0.4) is 0 Å². The standard InChI is InChI=1S/C44H67N5O9/c1-11-14-16-23-33-44(8,9)43(56)47-35(27(4)5)40(53)48(10)32(25-30-20-17-15-18-21-30)42(55)58-37(29(7)13-3)41(54)49-24-19-22-31(49)38(51)46-36(28(6)12-2)39(52)45-26-34(50)57-33/h11,15,17-18,20-21,27-29,31-33,35-37H,1,12-14,16,19,22-26H2,2-10H3,(H,45,52)(H,46,51)(H,47,56)/t28-,29-,31-,32-,33-,35-,36?,37?/m0/s1. The fourth-order valence-corrected chi connectivity index (χ4v) is 7.31. The maximum Gasteiger partial charge on any atom is 0.329 e. The summed E-state index contributed by atoms with van der Waals surface area (Å²) in [7, 11) is 1.48. The van der Waals surface area contributed by atoms with E-state index in [1.165, 1.54) is 16.8 Å². The third-order valence-electron chi connectivity index (χ3n) is 11.8. The number of ether oxygens (including phenoxy) is 2. The van der Waals surface area contributed by atoms with Crippen molar-refractivity contribution in [1.82, 2.24) is 25.8 Å². The fourth-order valence-electron chi connectivity index (χ4n) is 7.31. The summed E-state index contributed by atoms with van der Waals surface area (Å²) in [6, 6.07) is 4.85. The van der Waals surface area contributed by atoms with Crippen molar-refractivity contribution >= 4 is 41.5 Å². The molecule has 58 heavy (non-hydrogen) atoms. The number of nitrogens with one attached hydrogen (secondary N) is 3. The van der Waals surface area contributed by atoms with Crippen LogP contribution >= 0.6 is 0 Å². The number of hydrogen-bond acceptors (Lipinski definition) is 9. The average Bonchev–Trinajstić information content (AvgIpc) is 3.70. The third-order valence-corrected chi connectivity index (χ3v) is 11.8. The molecule has 2 unspecified atom stereocenters. The summed E-state index contributed by atoms with van der Waals surface area (Å²) in [6.45, 7) is 17.6. The molecule has 0 saturated carbocycles. The number of carbonyl (C=O) groups is 7. The molecule has 0 bridgehead atoms. The molecule has 2 aliphatic rings. The zero-order valence-electron chi connectivity index (χ0n) is 36.0. The number of hydrogen-bond donors (Lipinski definition) is 3. The lowest BCUT2D eigenvalue weighted by Crippen LogP contribution is -2.59. The van der Waals surface area contributed by atoms with Gasteiger partial charge >= 0.3 is 11.9 Å². The number of nitrogens with zero attached hydrogens (tertiary/aromatic N) is 2. The second-order valence-electron chi connectivity index (χ2n) is 16.8. The predicted octanol–water partition coefficient (Wildman–Crippen LogP) is 4.10. The second kappa shape index (κ2) is 21.9. The molecule has 0 aliphatic carbocycles. The second-order valence-corrected chi connectivity index (χ2v) is 16.8. The van der Waals surface area contributed by atoms with Gasteiger partial charge in [-0.05, 0) is 69.8 Å². The van der Waals surface area contributed by atoms with E-state index in [-0.39, 0.29) is 25.3 Å². The van der Waals surface area contributed by atoms with E-state index in [0.717, 1.165) is 5.56 Å². The van der Waals surface area contributed by atoms with Gasteiger partial charge in [0, 0.05) is 25.9 Å². The average molecular weight is 810 g/mol. The number of esters is 2. The summed E-state index contributed by atoms with van der Waals surface area (Å²) < 4.78 is 12.0. The number of rotatable bonds is 11. The van der Waals surface area contributed by atoms with Crippen LogP contribution in [0, 0.1) is 23.2 Å². The summed E-state index contributed by atoms with van der Waals surface area (Å²) in [4.78, 5) is 101. The minimum atomic E-state index is -1.35. The molecule has 14 nitrogen and oxygen atoms in total. The molecule has 5 amide bonds. The molecule has 14 heteroatoms. The van der Waals surface area contributed by atoms with E-state index in [1.54, 1.807) is 47.6 Å². The Morgan fingerprint density at radius 3 is 2.14 bits per heavy atom. The van der Waals surface area contributed by atoms with Crippen LogP contribution in [0.15, 0.2) is 43.0 Å². The maximum absolute atomic E-state index is 14.5. The molecule has 2 saturated heterocycles. The van der Waals surface area contributed by atoms with Gasteiger partial charge in [-0.3, -0.25) is 28.8 Å². The Balaban J connectivity index is 2.16. The van der Waals surface area contributed by atoms with Gasteiger partial charge in [0.15, 0.2) is 6.10 Å². The topological polar surface area (TPSA) is 181 Å². The van der Waals surface area contributed by atoms with Crippen LogP contribution in [0.25, 0.3) is 0 Å². The highest BCUT2D eigenvalue weighted by molar-refractivity contribution is 5.96. The SMILES string of the molecule is C=CCCC[C@@H]1OC(=O)CNC(=O)C([C@@H](C)CC)NC(=O)[C@@H]2CCCN2C(=O)C([C@@H](C)CC)OC(=O)[C@H](Cc2ccccc2)N(C)C(=O)[C@H](C(C)C)NC(=O)C1(C)C. The Bertz CT molecular complexity index is 1610. The van der Waals surface area contributed by atoms with Crippen molar-refractivity contribution < 1.29 is 43.0 Å². The molecular formula is C44H67N5O9. The van der Waals surface area contributed by atoms with E-state index in [2.05, 4.69) is 22.5 Å². The first-order chi connectivity index (χ1) is 27.4. The van der Waals surface area contributed by atoms with Crippen molar-refractivity contribution in [2.75, 3.05) is 20.1 Å². The Morgan fingerprint density at radius 1 is 0.879 bits per heavy atom. The van der Waals surface area contributed by atoms with E-state index in [9.17, 15) is 33.6 Å². The van der Waals surface area contributed by atoms with E-state index in [4.69, 9.17) is 9.47 Å². The summed E-state index contributed by atoms with van der Waals surface area (Å²) in [5, 5.41) is 8.34. The smallest absolute Gasteiger partial charge is 0.329 e. The van der Waals surface area contributed by atoms with Crippen molar-refractivity contribution in [2.24, 2.45) is 23.2 Å². The van der Waals surface area contributed by atoms with Gasteiger partial charge in [0.1, 0.15) is 36.8 Å². The number of unbranched alkanes of at least 4 members (excludes halogenated alkanes) is 1. The Labute approximate surface area is 344 Å². The predicted molar refractivity (Wildman–Crippen MR) is 220 cm³/mol. The number of cyclic esters (lactones) is 2. The largest absolute Gasteiger partial charge is 0.460 e. The van der Waals surface area contributed by atoms with Crippen LogP contribution in [0.1, 0.15) is 106 Å². The van der Waals surface area contributed by atoms with Crippen LogP contribution in [-0.2, 0) is 49.5 Å². The molecule has 1 aromatic rings. The highest BCUT2D eigenvalue weighted by Crippen LogP contribution is 2.30. The molecule has 322 valence electrons. The molecule has 1 aromatic carbocycles. The van der Waals surface area contributed by atoms with Crippen LogP contribution in [0.4, 0.5) is 0 Å². The van der Waals surface area contributed by atoms with Gasteiger partial charge in [0.25, 0.3) is 5.91 Å². The summed E-state index contributed by atoms with van der Waals surface area (Å²) in [5.41, 5.74) is -0.611. The van der Waals surface area contributed by atoms with Gasteiger partial charge in [-0.1, -0.05) is 84.4 Å². The molecule has 2 heterocycles. The Kier molecular flexibility index (Phi) is 17.9. The van der Waals surface area contributed by atoms with E-state index in [0.29, 0.717) is 38.5 Å². The van der Waals surface area contributed by atoms with Gasteiger partial charge < -0.3 is 35.2 Å². The molecule has 3 N–H and O–H groups in total.